The Bertz CT molecular complexity index is 788. The highest BCUT2D eigenvalue weighted by atomic mass is 19.1. The number of pyridine rings is 1. The van der Waals surface area contributed by atoms with E-state index < -0.39 is 0 Å². The van der Waals surface area contributed by atoms with Crippen molar-refractivity contribution < 1.29 is 4.39 Å². The first-order valence-electron chi connectivity index (χ1n) is 5.46. The second-order valence-corrected chi connectivity index (χ2v) is 4.11. The highest BCUT2D eigenvalue weighted by Crippen LogP contribution is 2.19. The molecule has 2 heterocycles. The number of halogens is 1. The minimum Gasteiger partial charge on any atom is -0.338 e. The van der Waals surface area contributed by atoms with E-state index in [1.54, 1.807) is 25.4 Å². The number of benzene rings is 1. The van der Waals surface area contributed by atoms with Gasteiger partial charge in [0.2, 0.25) is 0 Å². The fraction of sp³-hybridized carbons (Fsp3) is 0.0769. The fourth-order valence-electron chi connectivity index (χ4n) is 1.81. The van der Waals surface area contributed by atoms with E-state index >= 15 is 0 Å². The third-order valence-electron chi connectivity index (χ3n) is 2.82. The summed E-state index contributed by atoms with van der Waals surface area (Å²) in [5.74, 6) is 0.245. The predicted octanol–water partition coefficient (Wildman–Crippen LogP) is 2.07. The number of nitrogens with one attached hydrogen (secondary N) is 1. The molecule has 0 fully saturated rings. The number of aromatic nitrogens is 3. The van der Waals surface area contributed by atoms with Crippen molar-refractivity contribution in [2.45, 2.75) is 0 Å². The number of nitrogens with zero attached hydrogens (tertiary/aromatic N) is 2. The fourth-order valence-corrected chi connectivity index (χ4v) is 1.81. The van der Waals surface area contributed by atoms with E-state index in [-0.39, 0.29) is 11.4 Å². The largest absolute Gasteiger partial charge is 0.338 e. The predicted molar refractivity (Wildman–Crippen MR) is 66.7 cm³/mol. The van der Waals surface area contributed by atoms with Crippen LogP contribution in [0.1, 0.15) is 0 Å². The molecule has 0 aliphatic heterocycles. The summed E-state index contributed by atoms with van der Waals surface area (Å²) in [6, 6.07) is 7.62. The van der Waals surface area contributed by atoms with Crippen LogP contribution in [0.3, 0.4) is 0 Å². The maximum absolute atomic E-state index is 13.1. The zero-order valence-electron chi connectivity index (χ0n) is 9.64. The van der Waals surface area contributed by atoms with Crippen molar-refractivity contribution in [3.05, 3.63) is 52.7 Å². The van der Waals surface area contributed by atoms with Crippen LogP contribution < -0.4 is 5.56 Å². The lowest BCUT2D eigenvalue weighted by Gasteiger charge is -1.98. The Kier molecular flexibility index (Phi) is 2.26. The molecule has 0 atom stereocenters. The Balaban J connectivity index is 2.19. The molecular formula is C13H10FN3O. The van der Waals surface area contributed by atoms with Gasteiger partial charge < -0.3 is 9.55 Å². The van der Waals surface area contributed by atoms with Gasteiger partial charge in [-0.25, -0.2) is 9.37 Å². The zero-order chi connectivity index (χ0) is 12.7. The van der Waals surface area contributed by atoms with Gasteiger partial charge in [-0.2, -0.15) is 0 Å². The Hall–Kier alpha value is -2.43. The second kappa shape index (κ2) is 3.80. The molecule has 3 aromatic rings. The van der Waals surface area contributed by atoms with E-state index in [1.807, 2.05) is 0 Å². The van der Waals surface area contributed by atoms with Crippen molar-refractivity contribution in [1.29, 1.82) is 0 Å². The van der Waals surface area contributed by atoms with Gasteiger partial charge in [0.15, 0.2) is 0 Å². The van der Waals surface area contributed by atoms with Gasteiger partial charge in [0.1, 0.15) is 11.6 Å². The van der Waals surface area contributed by atoms with Gasteiger partial charge in [0, 0.05) is 24.9 Å². The van der Waals surface area contributed by atoms with E-state index in [4.69, 9.17) is 0 Å². The summed E-state index contributed by atoms with van der Waals surface area (Å²) in [5.41, 5.74) is 1.87. The summed E-state index contributed by atoms with van der Waals surface area (Å²) in [5, 5.41) is 0. The summed E-state index contributed by atoms with van der Waals surface area (Å²) in [6.07, 6.45) is 1.67. The van der Waals surface area contributed by atoms with Gasteiger partial charge in [-0.3, -0.25) is 4.79 Å². The average molecular weight is 243 g/mol. The van der Waals surface area contributed by atoms with E-state index in [0.29, 0.717) is 22.4 Å². The van der Waals surface area contributed by atoms with Crippen molar-refractivity contribution in [3.63, 3.8) is 0 Å². The Labute approximate surface area is 102 Å². The van der Waals surface area contributed by atoms with Crippen molar-refractivity contribution >= 4 is 11.0 Å². The molecular weight excluding hydrogens is 233 g/mol. The van der Waals surface area contributed by atoms with Crippen molar-refractivity contribution in [2.75, 3.05) is 0 Å². The first kappa shape index (κ1) is 10.7. The zero-order valence-corrected chi connectivity index (χ0v) is 9.64. The van der Waals surface area contributed by atoms with Crippen LogP contribution in [0.5, 0.6) is 0 Å². The van der Waals surface area contributed by atoms with Crippen molar-refractivity contribution in [1.82, 2.24) is 14.5 Å². The molecule has 0 amide bonds. The third kappa shape index (κ3) is 1.69. The van der Waals surface area contributed by atoms with Crippen LogP contribution in [0.2, 0.25) is 0 Å². The molecule has 1 N–H and O–H groups in total. The van der Waals surface area contributed by atoms with Crippen molar-refractivity contribution in [3.8, 4) is 11.4 Å². The molecule has 2 aromatic heterocycles. The number of hydrogen-bond acceptors (Lipinski definition) is 2. The van der Waals surface area contributed by atoms with Crippen LogP contribution >= 0.6 is 0 Å². The van der Waals surface area contributed by atoms with E-state index in [0.717, 1.165) is 0 Å². The van der Waals surface area contributed by atoms with Gasteiger partial charge in [-0.1, -0.05) is 0 Å². The molecule has 0 spiro atoms. The van der Waals surface area contributed by atoms with Crippen LogP contribution in [0.4, 0.5) is 4.39 Å². The SMILES string of the molecule is Cn1ccc(-c2nc3ccc(F)cc3[nH]2)cc1=O. The molecule has 0 aliphatic rings. The normalized spacial score (nSPS) is 11.0. The average Bonchev–Trinajstić information content (AvgIpc) is 2.75. The third-order valence-corrected chi connectivity index (χ3v) is 2.82. The van der Waals surface area contributed by atoms with Gasteiger partial charge in [-0.05, 0) is 24.3 Å². The smallest absolute Gasteiger partial charge is 0.250 e. The number of H-pyrrole nitrogens is 1. The molecule has 0 bridgehead atoms. The lowest BCUT2D eigenvalue weighted by Crippen LogP contribution is -2.14. The van der Waals surface area contributed by atoms with E-state index in [9.17, 15) is 9.18 Å². The first-order chi connectivity index (χ1) is 8.63. The van der Waals surface area contributed by atoms with Crippen LogP contribution in [0.15, 0.2) is 41.3 Å². The van der Waals surface area contributed by atoms with Crippen LogP contribution in [-0.2, 0) is 7.05 Å². The van der Waals surface area contributed by atoms with Gasteiger partial charge >= 0.3 is 0 Å². The monoisotopic (exact) mass is 243 g/mol. The number of rotatable bonds is 1. The summed E-state index contributed by atoms with van der Waals surface area (Å²) >= 11 is 0. The van der Waals surface area contributed by atoms with E-state index in [1.165, 1.54) is 22.8 Å². The molecule has 3 rings (SSSR count). The molecule has 0 aliphatic carbocycles. The highest BCUT2D eigenvalue weighted by molar-refractivity contribution is 5.79. The first-order valence-corrected chi connectivity index (χ1v) is 5.46. The molecule has 0 saturated carbocycles. The number of aromatic amines is 1. The van der Waals surface area contributed by atoms with Crippen molar-refractivity contribution in [2.24, 2.45) is 7.05 Å². The Morgan fingerprint density at radius 1 is 1.28 bits per heavy atom. The summed E-state index contributed by atoms with van der Waals surface area (Å²) in [7, 11) is 1.68. The van der Waals surface area contributed by atoms with E-state index in [2.05, 4.69) is 9.97 Å². The lowest BCUT2D eigenvalue weighted by molar-refractivity contribution is 0.629. The number of imidazole rings is 1. The molecule has 4 nitrogen and oxygen atoms in total. The maximum Gasteiger partial charge on any atom is 0.250 e. The maximum atomic E-state index is 13.1. The molecule has 0 radical (unpaired) electrons. The summed E-state index contributed by atoms with van der Waals surface area (Å²) in [6.45, 7) is 0. The summed E-state index contributed by atoms with van der Waals surface area (Å²) in [4.78, 5) is 18.9. The summed E-state index contributed by atoms with van der Waals surface area (Å²) < 4.78 is 14.5. The molecule has 5 heteroatoms. The Morgan fingerprint density at radius 2 is 2.11 bits per heavy atom. The van der Waals surface area contributed by atoms with Crippen LogP contribution in [-0.4, -0.2) is 14.5 Å². The standard InChI is InChI=1S/C13H10FN3O/c1-17-5-4-8(6-12(17)18)13-15-10-3-2-9(14)7-11(10)16-13/h2-7H,1H3,(H,15,16). The molecule has 0 saturated heterocycles. The number of fused-ring (bicyclic) bond motifs is 1. The topological polar surface area (TPSA) is 50.7 Å². The molecule has 18 heavy (non-hydrogen) atoms. The quantitative estimate of drug-likeness (QED) is 0.711. The Morgan fingerprint density at radius 3 is 2.89 bits per heavy atom. The molecule has 1 aromatic carbocycles. The van der Waals surface area contributed by atoms with Crippen LogP contribution in [0, 0.1) is 5.82 Å². The van der Waals surface area contributed by atoms with Crippen LogP contribution in [0.25, 0.3) is 22.4 Å². The second-order valence-electron chi connectivity index (χ2n) is 4.11. The number of hydrogen-bond donors (Lipinski definition) is 1. The highest BCUT2D eigenvalue weighted by Gasteiger charge is 2.06. The lowest BCUT2D eigenvalue weighted by atomic mass is 10.2. The van der Waals surface area contributed by atoms with Gasteiger partial charge in [0.25, 0.3) is 5.56 Å². The molecule has 0 unspecified atom stereocenters. The van der Waals surface area contributed by atoms with Gasteiger partial charge in [-0.15, -0.1) is 0 Å². The van der Waals surface area contributed by atoms with Gasteiger partial charge in [0.05, 0.1) is 11.0 Å². The molecule has 90 valence electrons. The number of aryl methyl sites for hydroxylation is 1. The minimum atomic E-state index is -0.318. The minimum absolute atomic E-state index is 0.112.